The van der Waals surface area contributed by atoms with E-state index in [1.54, 1.807) is 30.3 Å². The Labute approximate surface area is 177 Å². The van der Waals surface area contributed by atoms with Gasteiger partial charge in [0.1, 0.15) is 24.5 Å². The highest BCUT2D eigenvalue weighted by molar-refractivity contribution is 9.10. The lowest BCUT2D eigenvalue weighted by Gasteiger charge is -2.16. The van der Waals surface area contributed by atoms with Crippen LogP contribution in [-0.2, 0) is 16.3 Å². The number of nitrogens with one attached hydrogen (secondary N) is 1. The number of nitrogens with two attached hydrogens (primary N) is 1. The van der Waals surface area contributed by atoms with Crippen LogP contribution in [0.4, 0.5) is 5.82 Å². The summed E-state index contributed by atoms with van der Waals surface area (Å²) in [6, 6.07) is 10.0. The molecular weight excluding hydrogens is 460 g/mol. The van der Waals surface area contributed by atoms with Gasteiger partial charge in [0.2, 0.25) is 0 Å². The van der Waals surface area contributed by atoms with Gasteiger partial charge in [-0.25, -0.2) is 14.2 Å². The highest BCUT2D eigenvalue weighted by Gasteiger charge is 2.13. The number of benzene rings is 2. The third-order valence-electron chi connectivity index (χ3n) is 4.16. The van der Waals surface area contributed by atoms with Gasteiger partial charge in [-0.2, -0.15) is 0 Å². The molecule has 3 aromatic rings. The second-order valence-electron chi connectivity index (χ2n) is 6.39. The highest BCUT2D eigenvalue weighted by Crippen LogP contribution is 2.33. The number of aromatic nitrogens is 2. The molecule has 2 aromatic carbocycles. The van der Waals surface area contributed by atoms with Crippen LogP contribution in [0.15, 0.2) is 52.1 Å². The van der Waals surface area contributed by atoms with Gasteiger partial charge < -0.3 is 20.3 Å². The lowest BCUT2D eigenvalue weighted by atomic mass is 10.2. The minimum atomic E-state index is -2.79. The van der Waals surface area contributed by atoms with Crippen molar-refractivity contribution in [1.82, 2.24) is 9.97 Å². The van der Waals surface area contributed by atoms with Crippen molar-refractivity contribution in [2.75, 3.05) is 18.5 Å². The maximum Gasteiger partial charge on any atom is 0.137 e. The standard InChI is InChI=1S/C19H21BrN4O4S/c1-29(21,27)14-4-2-3-12(5-14)10-28-18-7-17-15(6-16(18)20)19(23-11-22-17)24-13(8-25)9-26/h2-7,11,13,25-26H,1,8-10H2,(H2,21,27)(H,22,23,24). The molecule has 0 aliphatic rings. The van der Waals surface area contributed by atoms with Gasteiger partial charge in [0, 0.05) is 16.3 Å². The molecular formula is C19H21BrN4O4S. The Balaban J connectivity index is 1.85. The normalized spacial score (nSPS) is 13.4. The molecule has 0 aliphatic carbocycles. The van der Waals surface area contributed by atoms with Crippen LogP contribution in [0, 0.1) is 0 Å². The first kappa shape index (κ1) is 21.5. The fourth-order valence-electron chi connectivity index (χ4n) is 2.64. The Morgan fingerprint density at radius 3 is 2.69 bits per heavy atom. The third kappa shape index (κ3) is 5.22. The predicted octanol–water partition coefficient (Wildman–Crippen LogP) is 1.69. The number of nitrogens with zero attached hydrogens (tertiary/aromatic N) is 2. The molecule has 0 spiro atoms. The Kier molecular flexibility index (Phi) is 6.70. The van der Waals surface area contributed by atoms with E-state index < -0.39 is 15.7 Å². The summed E-state index contributed by atoms with van der Waals surface area (Å²) in [6.07, 6.45) is 1.39. The number of rotatable bonds is 8. The maximum atomic E-state index is 11.9. The number of ether oxygens (including phenoxy) is 1. The Bertz CT molecular complexity index is 1120. The molecule has 1 heterocycles. The minimum absolute atomic E-state index is 0.230. The molecule has 1 atom stereocenters. The number of hydrogen-bond donors (Lipinski definition) is 4. The predicted molar refractivity (Wildman–Crippen MR) is 117 cm³/mol. The lowest BCUT2D eigenvalue weighted by molar-refractivity contribution is 0.203. The molecule has 0 saturated carbocycles. The molecule has 0 amide bonds. The molecule has 1 aromatic heterocycles. The zero-order valence-corrected chi connectivity index (χ0v) is 17.8. The summed E-state index contributed by atoms with van der Waals surface area (Å²) in [5.74, 6) is 4.56. The molecule has 0 fully saturated rings. The Morgan fingerprint density at radius 2 is 2.00 bits per heavy atom. The average molecular weight is 481 g/mol. The molecule has 5 N–H and O–H groups in total. The van der Waals surface area contributed by atoms with E-state index in [1.165, 1.54) is 6.33 Å². The summed E-state index contributed by atoms with van der Waals surface area (Å²) >= 11 is 3.49. The van der Waals surface area contributed by atoms with E-state index >= 15 is 0 Å². The van der Waals surface area contributed by atoms with Crippen molar-refractivity contribution in [2.24, 2.45) is 5.14 Å². The SMILES string of the molecule is C=S(N)(=O)c1cccc(COc2cc3ncnc(NC(CO)CO)c3cc2Br)c1. The van der Waals surface area contributed by atoms with E-state index in [9.17, 15) is 14.4 Å². The van der Waals surface area contributed by atoms with E-state index in [4.69, 9.17) is 9.88 Å². The van der Waals surface area contributed by atoms with Crippen LogP contribution in [0.1, 0.15) is 5.56 Å². The van der Waals surface area contributed by atoms with Crippen molar-refractivity contribution in [1.29, 1.82) is 0 Å². The summed E-state index contributed by atoms with van der Waals surface area (Å²) in [5.41, 5.74) is 1.43. The minimum Gasteiger partial charge on any atom is -0.488 e. The van der Waals surface area contributed by atoms with Gasteiger partial charge in [0.05, 0.1) is 39.0 Å². The first-order valence-electron chi connectivity index (χ1n) is 8.61. The first-order chi connectivity index (χ1) is 13.8. The molecule has 0 bridgehead atoms. The molecule has 10 heteroatoms. The van der Waals surface area contributed by atoms with E-state index in [-0.39, 0.29) is 19.8 Å². The average Bonchev–Trinajstić information content (AvgIpc) is 2.70. The van der Waals surface area contributed by atoms with Crippen LogP contribution in [0.2, 0.25) is 0 Å². The topological polar surface area (TPSA) is 131 Å². The van der Waals surface area contributed by atoms with Crippen LogP contribution >= 0.6 is 15.9 Å². The van der Waals surface area contributed by atoms with Gasteiger partial charge in [-0.05, 0) is 45.6 Å². The molecule has 0 aliphatic heterocycles. The molecule has 1 unspecified atom stereocenters. The Morgan fingerprint density at radius 1 is 1.24 bits per heavy atom. The van der Waals surface area contributed by atoms with Gasteiger partial charge in [-0.1, -0.05) is 12.1 Å². The van der Waals surface area contributed by atoms with E-state index in [2.05, 4.69) is 37.1 Å². The first-order valence-corrected chi connectivity index (χ1v) is 11.2. The molecule has 8 nitrogen and oxygen atoms in total. The van der Waals surface area contributed by atoms with Crippen molar-refractivity contribution in [3.05, 3.63) is 52.8 Å². The van der Waals surface area contributed by atoms with Crippen LogP contribution in [-0.4, -0.2) is 49.5 Å². The summed E-state index contributed by atoms with van der Waals surface area (Å²) in [4.78, 5) is 8.91. The van der Waals surface area contributed by atoms with E-state index in [1.807, 2.05) is 6.07 Å². The summed E-state index contributed by atoms with van der Waals surface area (Å²) in [7, 11) is -2.79. The number of aliphatic hydroxyl groups excluding tert-OH is 2. The van der Waals surface area contributed by atoms with Crippen molar-refractivity contribution >= 4 is 48.2 Å². The van der Waals surface area contributed by atoms with Crippen molar-refractivity contribution in [3.63, 3.8) is 0 Å². The van der Waals surface area contributed by atoms with Crippen LogP contribution < -0.4 is 15.2 Å². The summed E-state index contributed by atoms with van der Waals surface area (Å²) in [6.45, 7) is -0.224. The monoisotopic (exact) mass is 480 g/mol. The number of anilines is 1. The maximum absolute atomic E-state index is 11.9. The van der Waals surface area contributed by atoms with Crippen LogP contribution in [0.3, 0.4) is 0 Å². The molecule has 29 heavy (non-hydrogen) atoms. The zero-order chi connectivity index (χ0) is 21.0. The summed E-state index contributed by atoms with van der Waals surface area (Å²) in [5, 5.41) is 27.9. The quantitative estimate of drug-likeness (QED) is 0.360. The fourth-order valence-corrected chi connectivity index (χ4v) is 3.75. The summed E-state index contributed by atoms with van der Waals surface area (Å²) < 4.78 is 18.5. The molecule has 154 valence electrons. The fraction of sp³-hybridized carbons (Fsp3) is 0.211. The molecule has 0 radical (unpaired) electrons. The van der Waals surface area contributed by atoms with Crippen LogP contribution in [0.5, 0.6) is 5.75 Å². The van der Waals surface area contributed by atoms with Gasteiger partial charge in [0.25, 0.3) is 0 Å². The van der Waals surface area contributed by atoms with Gasteiger partial charge >= 0.3 is 0 Å². The van der Waals surface area contributed by atoms with Crippen molar-refractivity contribution in [2.45, 2.75) is 17.5 Å². The molecule has 3 rings (SSSR count). The lowest BCUT2D eigenvalue weighted by Crippen LogP contribution is -2.28. The number of halogens is 1. The number of fused-ring (bicyclic) bond motifs is 1. The smallest absolute Gasteiger partial charge is 0.137 e. The third-order valence-corrected chi connectivity index (χ3v) is 5.83. The van der Waals surface area contributed by atoms with Gasteiger partial charge in [-0.3, -0.25) is 5.14 Å². The molecule has 0 saturated heterocycles. The van der Waals surface area contributed by atoms with Gasteiger partial charge in [0.15, 0.2) is 0 Å². The second kappa shape index (κ2) is 9.06. The largest absolute Gasteiger partial charge is 0.488 e. The van der Waals surface area contributed by atoms with Crippen molar-refractivity contribution < 1.29 is 19.2 Å². The number of hydrogen-bond acceptors (Lipinski definition) is 7. The highest BCUT2D eigenvalue weighted by atomic mass is 79.9. The van der Waals surface area contributed by atoms with Gasteiger partial charge in [-0.15, -0.1) is 0 Å². The van der Waals surface area contributed by atoms with Crippen molar-refractivity contribution in [3.8, 4) is 5.75 Å². The second-order valence-corrected chi connectivity index (χ2v) is 9.17. The number of aliphatic hydroxyl groups is 2. The van der Waals surface area contributed by atoms with Crippen LogP contribution in [0.25, 0.3) is 10.9 Å². The van der Waals surface area contributed by atoms with E-state index in [0.717, 1.165) is 5.56 Å². The Hall–Kier alpha value is -2.24. The van der Waals surface area contributed by atoms with E-state index in [0.29, 0.717) is 31.8 Å². The zero-order valence-electron chi connectivity index (χ0n) is 15.4.